The van der Waals surface area contributed by atoms with Gasteiger partial charge >= 0.3 is 5.97 Å². The van der Waals surface area contributed by atoms with Gasteiger partial charge in [0.15, 0.2) is 11.3 Å². The number of benzene rings is 1. The SMILES string of the molecule is O=C(O)c1cc(Oc2ccc3nc(NCC4CCCO4)oc3c2)ccn1. The van der Waals surface area contributed by atoms with Crippen molar-refractivity contribution in [1.82, 2.24) is 9.97 Å². The fraction of sp³-hybridized carbons (Fsp3) is 0.278. The lowest BCUT2D eigenvalue weighted by atomic mass is 10.2. The van der Waals surface area contributed by atoms with E-state index in [9.17, 15) is 4.79 Å². The molecule has 3 aromatic rings. The molecule has 3 heterocycles. The summed E-state index contributed by atoms with van der Waals surface area (Å²) in [4.78, 5) is 19.1. The van der Waals surface area contributed by atoms with Gasteiger partial charge in [-0.3, -0.25) is 0 Å². The number of aromatic nitrogens is 2. The van der Waals surface area contributed by atoms with Crippen LogP contribution in [-0.4, -0.2) is 40.3 Å². The van der Waals surface area contributed by atoms with Gasteiger partial charge in [-0.2, -0.15) is 4.98 Å². The zero-order valence-corrected chi connectivity index (χ0v) is 13.8. The number of aromatic carboxylic acids is 1. The van der Waals surface area contributed by atoms with E-state index in [0.717, 1.165) is 19.4 Å². The van der Waals surface area contributed by atoms with Crippen LogP contribution in [0.4, 0.5) is 6.01 Å². The maximum absolute atomic E-state index is 11.0. The number of carboxylic acid groups (broad SMARTS) is 1. The minimum atomic E-state index is -1.11. The topological polar surface area (TPSA) is 107 Å². The first-order chi connectivity index (χ1) is 12.7. The van der Waals surface area contributed by atoms with Gasteiger partial charge in [0, 0.05) is 31.5 Å². The Kier molecular flexibility index (Phi) is 4.40. The second-order valence-electron chi connectivity index (χ2n) is 5.95. The molecule has 2 aromatic heterocycles. The highest BCUT2D eigenvalue weighted by Crippen LogP contribution is 2.27. The minimum Gasteiger partial charge on any atom is -0.477 e. The van der Waals surface area contributed by atoms with Crippen molar-refractivity contribution in [3.63, 3.8) is 0 Å². The van der Waals surface area contributed by atoms with Gasteiger partial charge in [0.1, 0.15) is 17.0 Å². The summed E-state index contributed by atoms with van der Waals surface area (Å²) in [5.41, 5.74) is 1.20. The largest absolute Gasteiger partial charge is 0.477 e. The molecule has 1 unspecified atom stereocenters. The van der Waals surface area contributed by atoms with Gasteiger partial charge in [-0.1, -0.05) is 0 Å². The van der Waals surface area contributed by atoms with Crippen molar-refractivity contribution in [1.29, 1.82) is 0 Å². The average molecular weight is 355 g/mol. The highest BCUT2D eigenvalue weighted by atomic mass is 16.5. The van der Waals surface area contributed by atoms with Gasteiger partial charge in [-0.05, 0) is 31.0 Å². The standard InChI is InChI=1S/C18H17N3O5/c22-17(23)15-8-12(5-6-19-15)25-11-3-4-14-16(9-11)26-18(21-14)20-10-13-2-1-7-24-13/h3-6,8-9,13H,1-2,7,10H2,(H,20,21)(H,22,23). The van der Waals surface area contributed by atoms with Gasteiger partial charge in [0.2, 0.25) is 0 Å². The summed E-state index contributed by atoms with van der Waals surface area (Å²) in [6.07, 6.45) is 3.70. The highest BCUT2D eigenvalue weighted by Gasteiger charge is 2.16. The number of nitrogens with one attached hydrogen (secondary N) is 1. The number of carbonyl (C=O) groups is 1. The normalized spacial score (nSPS) is 16.7. The molecular formula is C18H17N3O5. The summed E-state index contributed by atoms with van der Waals surface area (Å²) in [5, 5.41) is 12.1. The van der Waals surface area contributed by atoms with Crippen LogP contribution in [0.15, 0.2) is 40.9 Å². The summed E-state index contributed by atoms with van der Waals surface area (Å²) >= 11 is 0. The second kappa shape index (κ2) is 7.01. The number of ether oxygens (including phenoxy) is 2. The molecule has 1 aromatic carbocycles. The number of rotatable bonds is 6. The molecule has 1 aliphatic rings. The molecule has 0 aliphatic carbocycles. The Bertz CT molecular complexity index is 933. The van der Waals surface area contributed by atoms with E-state index in [0.29, 0.717) is 35.2 Å². The molecular weight excluding hydrogens is 338 g/mol. The van der Waals surface area contributed by atoms with Crippen molar-refractivity contribution in [2.75, 3.05) is 18.5 Å². The van der Waals surface area contributed by atoms with E-state index >= 15 is 0 Å². The van der Waals surface area contributed by atoms with Crippen LogP contribution in [0, 0.1) is 0 Å². The molecule has 1 aliphatic heterocycles. The predicted molar refractivity (Wildman–Crippen MR) is 92.7 cm³/mol. The van der Waals surface area contributed by atoms with Crippen molar-refractivity contribution >= 4 is 23.1 Å². The molecule has 0 radical (unpaired) electrons. The van der Waals surface area contributed by atoms with Crippen LogP contribution < -0.4 is 10.1 Å². The van der Waals surface area contributed by atoms with E-state index in [1.807, 2.05) is 0 Å². The lowest BCUT2D eigenvalue weighted by molar-refractivity contribution is 0.0690. The third-order valence-corrected chi connectivity index (χ3v) is 4.05. The number of oxazole rings is 1. The average Bonchev–Trinajstić information content (AvgIpc) is 3.29. The molecule has 8 heteroatoms. The van der Waals surface area contributed by atoms with Crippen LogP contribution >= 0.6 is 0 Å². The molecule has 0 saturated carbocycles. The number of fused-ring (bicyclic) bond motifs is 1. The molecule has 0 bridgehead atoms. The summed E-state index contributed by atoms with van der Waals surface area (Å²) in [5.74, 6) is -0.210. The van der Waals surface area contributed by atoms with Gasteiger partial charge in [-0.25, -0.2) is 9.78 Å². The van der Waals surface area contributed by atoms with Gasteiger partial charge in [0.05, 0.1) is 6.10 Å². The van der Waals surface area contributed by atoms with Crippen molar-refractivity contribution in [3.8, 4) is 11.5 Å². The molecule has 4 rings (SSSR count). The summed E-state index contributed by atoms with van der Waals surface area (Å²) in [6.45, 7) is 1.46. The zero-order chi connectivity index (χ0) is 17.9. The molecule has 8 nitrogen and oxygen atoms in total. The lowest BCUT2D eigenvalue weighted by Crippen LogP contribution is -2.18. The Morgan fingerprint density at radius 3 is 3.00 bits per heavy atom. The van der Waals surface area contributed by atoms with E-state index in [1.54, 1.807) is 24.3 Å². The summed E-state index contributed by atoms with van der Waals surface area (Å²) < 4.78 is 17.0. The van der Waals surface area contributed by atoms with Crippen LogP contribution in [0.2, 0.25) is 0 Å². The van der Waals surface area contributed by atoms with Crippen molar-refractivity contribution < 1.29 is 23.8 Å². The van der Waals surface area contributed by atoms with E-state index < -0.39 is 5.97 Å². The Morgan fingerprint density at radius 2 is 2.19 bits per heavy atom. The van der Waals surface area contributed by atoms with Crippen molar-refractivity contribution in [3.05, 3.63) is 42.2 Å². The Hall–Kier alpha value is -3.13. The van der Waals surface area contributed by atoms with Crippen LogP contribution in [0.25, 0.3) is 11.1 Å². The number of nitrogens with zero attached hydrogens (tertiary/aromatic N) is 2. The third kappa shape index (κ3) is 3.60. The smallest absolute Gasteiger partial charge is 0.354 e. The van der Waals surface area contributed by atoms with E-state index in [4.69, 9.17) is 19.0 Å². The van der Waals surface area contributed by atoms with Crippen molar-refractivity contribution in [2.45, 2.75) is 18.9 Å². The highest BCUT2D eigenvalue weighted by molar-refractivity contribution is 5.85. The number of pyridine rings is 1. The molecule has 1 fully saturated rings. The van der Waals surface area contributed by atoms with Crippen LogP contribution in [0.5, 0.6) is 11.5 Å². The maximum Gasteiger partial charge on any atom is 0.354 e. The van der Waals surface area contributed by atoms with E-state index in [-0.39, 0.29) is 11.8 Å². The van der Waals surface area contributed by atoms with Gasteiger partial charge in [-0.15, -0.1) is 0 Å². The molecule has 0 spiro atoms. The summed E-state index contributed by atoms with van der Waals surface area (Å²) in [6, 6.07) is 8.62. The minimum absolute atomic E-state index is 0.0798. The first kappa shape index (κ1) is 16.3. The zero-order valence-electron chi connectivity index (χ0n) is 13.8. The molecule has 2 N–H and O–H groups in total. The molecule has 1 atom stereocenters. The maximum atomic E-state index is 11.0. The second-order valence-corrected chi connectivity index (χ2v) is 5.95. The van der Waals surface area contributed by atoms with E-state index in [1.165, 1.54) is 12.3 Å². The predicted octanol–water partition coefficient (Wildman–Crippen LogP) is 3.30. The quantitative estimate of drug-likeness (QED) is 0.693. The lowest BCUT2D eigenvalue weighted by Gasteiger charge is -2.08. The fourth-order valence-corrected chi connectivity index (χ4v) is 2.78. The Labute approximate surface area is 148 Å². The summed E-state index contributed by atoms with van der Waals surface area (Å²) in [7, 11) is 0. The van der Waals surface area contributed by atoms with E-state index in [2.05, 4.69) is 15.3 Å². The molecule has 1 saturated heterocycles. The van der Waals surface area contributed by atoms with Crippen molar-refractivity contribution in [2.24, 2.45) is 0 Å². The Balaban J connectivity index is 1.48. The first-order valence-electron chi connectivity index (χ1n) is 8.31. The third-order valence-electron chi connectivity index (χ3n) is 4.05. The molecule has 134 valence electrons. The fourth-order valence-electron chi connectivity index (χ4n) is 2.78. The number of hydrogen-bond donors (Lipinski definition) is 2. The molecule has 0 amide bonds. The Morgan fingerprint density at radius 1 is 1.31 bits per heavy atom. The van der Waals surface area contributed by atoms with Crippen LogP contribution in [0.3, 0.4) is 0 Å². The van der Waals surface area contributed by atoms with Gasteiger partial charge in [0.25, 0.3) is 6.01 Å². The van der Waals surface area contributed by atoms with Gasteiger partial charge < -0.3 is 24.3 Å². The number of carboxylic acids is 1. The monoisotopic (exact) mass is 355 g/mol. The van der Waals surface area contributed by atoms with Crippen LogP contribution in [-0.2, 0) is 4.74 Å². The number of hydrogen-bond acceptors (Lipinski definition) is 7. The molecule has 26 heavy (non-hydrogen) atoms. The number of anilines is 1. The first-order valence-corrected chi connectivity index (χ1v) is 8.31. The van der Waals surface area contributed by atoms with Crippen LogP contribution in [0.1, 0.15) is 23.3 Å².